The maximum atomic E-state index is 12.0. The minimum Gasteiger partial charge on any atom is -0.406 e. The van der Waals surface area contributed by atoms with Gasteiger partial charge < -0.3 is 4.74 Å². The van der Waals surface area contributed by atoms with Crippen molar-refractivity contribution >= 4 is 0 Å². The van der Waals surface area contributed by atoms with E-state index in [2.05, 4.69) is 4.74 Å². The van der Waals surface area contributed by atoms with Crippen molar-refractivity contribution in [3.05, 3.63) is 65.7 Å². The van der Waals surface area contributed by atoms with E-state index in [9.17, 15) is 13.2 Å². The summed E-state index contributed by atoms with van der Waals surface area (Å²) in [4.78, 5) is 0. The van der Waals surface area contributed by atoms with Crippen LogP contribution in [0.2, 0.25) is 0 Å². The van der Waals surface area contributed by atoms with E-state index < -0.39 is 6.36 Å². The first-order chi connectivity index (χ1) is 9.96. The molecule has 0 bridgehead atoms. The van der Waals surface area contributed by atoms with Crippen LogP contribution in [-0.2, 0) is 0 Å². The summed E-state index contributed by atoms with van der Waals surface area (Å²) in [5.74, 6) is -0.0716. The largest absolute Gasteiger partial charge is 0.573 e. The van der Waals surface area contributed by atoms with Gasteiger partial charge in [0.1, 0.15) is 5.75 Å². The van der Waals surface area contributed by atoms with Crippen LogP contribution in [0.25, 0.3) is 0 Å². The third-order valence-electron chi connectivity index (χ3n) is 2.91. The Balaban J connectivity index is 0.00000106. The second-order valence-electron chi connectivity index (χ2n) is 4.25. The van der Waals surface area contributed by atoms with Gasteiger partial charge in [-0.2, -0.15) is 0 Å². The fraction of sp³-hybridized carbons (Fsp3) is 0.294. The molecular weight excluding hydrogens is 277 g/mol. The average molecular weight is 296 g/mol. The second-order valence-corrected chi connectivity index (χ2v) is 4.25. The molecule has 0 N–H and O–H groups in total. The quantitative estimate of drug-likeness (QED) is 0.699. The van der Waals surface area contributed by atoms with Crippen LogP contribution in [0.4, 0.5) is 13.2 Å². The van der Waals surface area contributed by atoms with Gasteiger partial charge in [-0.3, -0.25) is 0 Å². The van der Waals surface area contributed by atoms with E-state index in [0.717, 1.165) is 11.1 Å². The van der Waals surface area contributed by atoms with Crippen molar-refractivity contribution in [1.82, 2.24) is 0 Å². The van der Waals surface area contributed by atoms with Crippen LogP contribution < -0.4 is 4.74 Å². The van der Waals surface area contributed by atoms with Gasteiger partial charge in [-0.15, -0.1) is 13.2 Å². The van der Waals surface area contributed by atoms with E-state index in [1.54, 1.807) is 12.1 Å². The number of halogens is 3. The predicted molar refractivity (Wildman–Crippen MR) is 78.4 cm³/mol. The zero-order valence-electron chi connectivity index (χ0n) is 12.3. The summed E-state index contributed by atoms with van der Waals surface area (Å²) in [5, 5.41) is 0. The Kier molecular flexibility index (Phi) is 6.28. The zero-order chi connectivity index (χ0) is 15.9. The van der Waals surface area contributed by atoms with Crippen molar-refractivity contribution < 1.29 is 17.9 Å². The molecule has 0 aliphatic heterocycles. The van der Waals surface area contributed by atoms with Crippen molar-refractivity contribution in [3.63, 3.8) is 0 Å². The van der Waals surface area contributed by atoms with Gasteiger partial charge in [-0.1, -0.05) is 63.2 Å². The van der Waals surface area contributed by atoms with Crippen molar-refractivity contribution in [2.45, 2.75) is 33.1 Å². The molecule has 2 aromatic rings. The molecule has 0 aromatic heterocycles. The van der Waals surface area contributed by atoms with Gasteiger partial charge in [0.2, 0.25) is 0 Å². The van der Waals surface area contributed by atoms with Gasteiger partial charge in [-0.05, 0) is 23.3 Å². The summed E-state index contributed by atoms with van der Waals surface area (Å²) < 4.78 is 40.0. The predicted octanol–water partition coefficient (Wildman–Crippen LogP) is 5.76. The molecule has 2 rings (SSSR count). The van der Waals surface area contributed by atoms with Crippen molar-refractivity contribution in [1.29, 1.82) is 0 Å². The molecule has 114 valence electrons. The fourth-order valence-corrected chi connectivity index (χ4v) is 1.89. The molecule has 0 amide bonds. The average Bonchev–Trinajstić information content (AvgIpc) is 2.49. The fourth-order valence-electron chi connectivity index (χ4n) is 1.89. The van der Waals surface area contributed by atoms with Crippen LogP contribution >= 0.6 is 0 Å². The summed E-state index contributed by atoms with van der Waals surface area (Å²) in [6.45, 7) is 6.01. The summed E-state index contributed by atoms with van der Waals surface area (Å²) in [5.41, 5.74) is 2.06. The monoisotopic (exact) mass is 296 g/mol. The van der Waals surface area contributed by atoms with E-state index in [0.29, 0.717) is 0 Å². The number of benzene rings is 2. The molecule has 1 atom stereocenters. The summed E-state index contributed by atoms with van der Waals surface area (Å²) in [7, 11) is 0. The Morgan fingerprint density at radius 2 is 1.29 bits per heavy atom. The molecule has 0 aliphatic rings. The van der Waals surface area contributed by atoms with Gasteiger partial charge in [-0.25, -0.2) is 0 Å². The minimum atomic E-state index is -4.65. The number of hydrogen-bond donors (Lipinski definition) is 0. The lowest BCUT2D eigenvalue weighted by Crippen LogP contribution is -2.17. The number of ether oxygens (including phenoxy) is 1. The third kappa shape index (κ3) is 5.50. The molecule has 0 saturated carbocycles. The highest BCUT2D eigenvalue weighted by atomic mass is 19.4. The molecule has 0 radical (unpaired) electrons. The highest BCUT2D eigenvalue weighted by molar-refractivity contribution is 5.35. The van der Waals surface area contributed by atoms with Crippen LogP contribution in [-0.4, -0.2) is 6.36 Å². The smallest absolute Gasteiger partial charge is 0.406 e. The molecule has 1 nitrogen and oxygen atoms in total. The van der Waals surface area contributed by atoms with E-state index >= 15 is 0 Å². The van der Waals surface area contributed by atoms with E-state index in [1.807, 2.05) is 51.1 Å². The van der Waals surface area contributed by atoms with Crippen LogP contribution in [0, 0.1) is 0 Å². The Hall–Kier alpha value is -1.97. The Labute approximate surface area is 123 Å². The first-order valence-electron chi connectivity index (χ1n) is 6.86. The Morgan fingerprint density at radius 1 is 0.810 bits per heavy atom. The third-order valence-corrected chi connectivity index (χ3v) is 2.91. The molecule has 2 aromatic carbocycles. The molecule has 0 aliphatic carbocycles. The summed E-state index contributed by atoms with van der Waals surface area (Å²) >= 11 is 0. The lowest BCUT2D eigenvalue weighted by Gasteiger charge is -2.14. The van der Waals surface area contributed by atoms with Gasteiger partial charge in [0.25, 0.3) is 0 Å². The molecule has 0 heterocycles. The molecule has 1 unspecified atom stereocenters. The molecule has 0 saturated heterocycles. The topological polar surface area (TPSA) is 9.23 Å². The standard InChI is InChI=1S/C15H13F3O.C2H6/c1-11(12-5-3-2-4-6-12)13-7-9-14(10-8-13)19-15(16,17)18;1-2/h2-11H,1H3;1-2H3. The van der Waals surface area contributed by atoms with Gasteiger partial charge in [0.15, 0.2) is 0 Å². The van der Waals surface area contributed by atoms with Crippen LogP contribution in [0.3, 0.4) is 0 Å². The van der Waals surface area contributed by atoms with E-state index in [4.69, 9.17) is 0 Å². The van der Waals surface area contributed by atoms with Crippen LogP contribution in [0.15, 0.2) is 54.6 Å². The summed E-state index contributed by atoms with van der Waals surface area (Å²) in [6.07, 6.45) is -4.65. The van der Waals surface area contributed by atoms with Gasteiger partial charge in [0, 0.05) is 5.92 Å². The first-order valence-corrected chi connectivity index (χ1v) is 6.86. The molecule has 21 heavy (non-hydrogen) atoms. The van der Waals surface area contributed by atoms with Crippen LogP contribution in [0.1, 0.15) is 37.8 Å². The second kappa shape index (κ2) is 7.72. The van der Waals surface area contributed by atoms with Crippen molar-refractivity contribution in [3.8, 4) is 5.75 Å². The lowest BCUT2D eigenvalue weighted by atomic mass is 9.93. The highest BCUT2D eigenvalue weighted by Crippen LogP contribution is 2.27. The lowest BCUT2D eigenvalue weighted by molar-refractivity contribution is -0.274. The maximum absolute atomic E-state index is 12.0. The first kappa shape index (κ1) is 17.1. The number of rotatable bonds is 3. The zero-order valence-corrected chi connectivity index (χ0v) is 12.3. The Bertz CT molecular complexity index is 518. The van der Waals surface area contributed by atoms with E-state index in [-0.39, 0.29) is 11.7 Å². The minimum absolute atomic E-state index is 0.126. The summed E-state index contributed by atoms with van der Waals surface area (Å²) in [6, 6.07) is 15.8. The van der Waals surface area contributed by atoms with Gasteiger partial charge in [0.05, 0.1) is 0 Å². The maximum Gasteiger partial charge on any atom is 0.573 e. The molecule has 4 heteroatoms. The highest BCUT2D eigenvalue weighted by Gasteiger charge is 2.31. The van der Waals surface area contributed by atoms with Crippen LogP contribution in [0.5, 0.6) is 5.75 Å². The Morgan fingerprint density at radius 3 is 1.76 bits per heavy atom. The number of hydrogen-bond acceptors (Lipinski definition) is 1. The molecular formula is C17H19F3O. The van der Waals surface area contributed by atoms with Crippen molar-refractivity contribution in [2.75, 3.05) is 0 Å². The van der Waals surface area contributed by atoms with E-state index in [1.165, 1.54) is 12.1 Å². The normalized spacial score (nSPS) is 12.1. The SMILES string of the molecule is CC.CC(c1ccccc1)c1ccc(OC(F)(F)F)cc1. The molecule has 0 fully saturated rings. The van der Waals surface area contributed by atoms with Crippen molar-refractivity contribution in [2.24, 2.45) is 0 Å². The number of alkyl halides is 3. The molecule has 0 spiro atoms. The van der Waals surface area contributed by atoms with Gasteiger partial charge >= 0.3 is 6.36 Å².